The topological polar surface area (TPSA) is 8.17 Å². The predicted octanol–water partition coefficient (Wildman–Crippen LogP) is 19.5. The number of hydrogen-bond acceptors (Lipinski definition) is 1. The molecule has 13 aromatic carbocycles. The number of rotatable bonds is 8. The molecule has 0 aliphatic heterocycles. The molecule has 0 radical (unpaired) electrons. The fraction of sp³-hybridized carbons (Fsp3) is 0. The first kappa shape index (κ1) is 41.5. The lowest BCUT2D eigenvalue weighted by atomic mass is 9.84. The van der Waals surface area contributed by atoms with E-state index in [2.05, 4.69) is 289 Å². The Kier molecular flexibility index (Phi) is 9.89. The van der Waals surface area contributed by atoms with Crippen LogP contribution in [0.2, 0.25) is 0 Å². The first-order valence-corrected chi connectivity index (χ1v) is 24.8. The zero-order valence-electron chi connectivity index (χ0n) is 39.5. The Hall–Kier alpha value is -9.50. The summed E-state index contributed by atoms with van der Waals surface area (Å²) in [6.07, 6.45) is 0. The summed E-state index contributed by atoms with van der Waals surface area (Å²) >= 11 is 0. The summed E-state index contributed by atoms with van der Waals surface area (Å²) in [6.45, 7) is 0. The van der Waals surface area contributed by atoms with Gasteiger partial charge >= 0.3 is 0 Å². The van der Waals surface area contributed by atoms with Gasteiger partial charge < -0.3 is 9.47 Å². The average molecular weight is 915 g/mol. The molecule has 0 aliphatic carbocycles. The maximum atomic E-state index is 2.50. The van der Waals surface area contributed by atoms with Crippen molar-refractivity contribution < 1.29 is 0 Å². The van der Waals surface area contributed by atoms with E-state index >= 15 is 0 Å². The monoisotopic (exact) mass is 914 g/mol. The predicted molar refractivity (Wildman–Crippen MR) is 307 cm³/mol. The largest absolute Gasteiger partial charge is 0.309 e. The van der Waals surface area contributed by atoms with Gasteiger partial charge in [-0.1, -0.05) is 224 Å². The Morgan fingerprint density at radius 1 is 0.264 bits per heavy atom. The molecule has 0 saturated carbocycles. The molecule has 0 aliphatic rings. The molecule has 0 fully saturated rings. The summed E-state index contributed by atoms with van der Waals surface area (Å²) in [4.78, 5) is 2.50. The number of benzene rings is 13. The van der Waals surface area contributed by atoms with Crippen molar-refractivity contribution >= 4 is 82.0 Å². The van der Waals surface area contributed by atoms with Crippen molar-refractivity contribution in [2.24, 2.45) is 0 Å². The first-order valence-electron chi connectivity index (χ1n) is 24.8. The van der Waals surface area contributed by atoms with E-state index in [0.717, 1.165) is 33.9 Å². The van der Waals surface area contributed by atoms with Crippen molar-refractivity contribution in [3.05, 3.63) is 279 Å². The summed E-state index contributed by atoms with van der Waals surface area (Å²) < 4.78 is 2.41. The van der Waals surface area contributed by atoms with Crippen molar-refractivity contribution in [1.29, 1.82) is 0 Å². The third kappa shape index (κ3) is 6.72. The van der Waals surface area contributed by atoms with Crippen LogP contribution in [0.1, 0.15) is 0 Å². The molecule has 2 nitrogen and oxygen atoms in total. The SMILES string of the molecule is c1ccc(-c2c(-c3ccccc3)c3cc(-c4ccc(N(c5ccccc5-c5cccc6c5c5ccccc5n6-c5ccccc5)c5cc6ccccc6c6ccccc56)cc4)ccc3c3ccccc23)cc1. The minimum absolute atomic E-state index is 1.08. The standard InChI is InChI=1S/C70H46N2/c1-4-21-48(22-5-1)68-60-33-15-13-30-56(60)57-44-41-50(45-63(57)69(68)49-23-6-2-7-24-49)47-39-42-53(43-40-47)72(67-46-51-25-10-11-28-54(51)55-29-12-14-31-58(55)67)64-36-18-16-32-59(64)61-35-20-38-66-70(61)62-34-17-19-37-65(62)71(66)52-26-8-3-9-27-52/h1-46H. The lowest BCUT2D eigenvalue weighted by molar-refractivity contribution is 1.18. The number of fused-ring (bicyclic) bond motifs is 9. The number of para-hydroxylation sites is 3. The summed E-state index contributed by atoms with van der Waals surface area (Å²) in [6, 6.07) is 102. The van der Waals surface area contributed by atoms with Gasteiger partial charge in [0.15, 0.2) is 0 Å². The van der Waals surface area contributed by atoms with Crippen LogP contribution in [0.5, 0.6) is 0 Å². The zero-order chi connectivity index (χ0) is 47.5. The molecule has 0 saturated heterocycles. The molecule has 0 bridgehead atoms. The number of aromatic nitrogens is 1. The van der Waals surface area contributed by atoms with Gasteiger partial charge in [0.2, 0.25) is 0 Å². The van der Waals surface area contributed by atoms with Crippen LogP contribution in [-0.4, -0.2) is 4.57 Å². The van der Waals surface area contributed by atoms with Crippen LogP contribution in [0.15, 0.2) is 279 Å². The van der Waals surface area contributed by atoms with Crippen LogP contribution < -0.4 is 4.90 Å². The highest BCUT2D eigenvalue weighted by atomic mass is 15.1. The summed E-state index contributed by atoms with van der Waals surface area (Å²) in [5.41, 5.74) is 16.4. The van der Waals surface area contributed by atoms with Crippen LogP contribution in [0.25, 0.3) is 115 Å². The molecule has 14 aromatic rings. The van der Waals surface area contributed by atoms with Gasteiger partial charge in [0.1, 0.15) is 0 Å². The van der Waals surface area contributed by atoms with Crippen LogP contribution in [0, 0.1) is 0 Å². The van der Waals surface area contributed by atoms with Gasteiger partial charge in [0.25, 0.3) is 0 Å². The van der Waals surface area contributed by atoms with Crippen molar-refractivity contribution in [2.75, 3.05) is 4.90 Å². The van der Waals surface area contributed by atoms with Gasteiger partial charge in [-0.05, 0) is 131 Å². The molecule has 0 amide bonds. The van der Waals surface area contributed by atoms with E-state index in [-0.39, 0.29) is 0 Å². The van der Waals surface area contributed by atoms with E-state index in [0.29, 0.717) is 0 Å². The maximum absolute atomic E-state index is 2.50. The van der Waals surface area contributed by atoms with Crippen LogP contribution in [-0.2, 0) is 0 Å². The Morgan fingerprint density at radius 2 is 0.778 bits per heavy atom. The molecule has 2 heteroatoms. The van der Waals surface area contributed by atoms with Crippen LogP contribution in [0.3, 0.4) is 0 Å². The van der Waals surface area contributed by atoms with E-state index in [4.69, 9.17) is 0 Å². The fourth-order valence-electron chi connectivity index (χ4n) is 11.6. The minimum Gasteiger partial charge on any atom is -0.309 e. The van der Waals surface area contributed by atoms with Crippen molar-refractivity contribution in [2.45, 2.75) is 0 Å². The number of hydrogen-bond donors (Lipinski definition) is 0. The van der Waals surface area contributed by atoms with E-state index in [1.165, 1.54) is 98.3 Å². The number of nitrogens with zero attached hydrogens (tertiary/aromatic N) is 2. The molecule has 0 atom stereocenters. The maximum Gasteiger partial charge on any atom is 0.0547 e. The molecule has 1 aromatic heterocycles. The van der Waals surface area contributed by atoms with Crippen LogP contribution >= 0.6 is 0 Å². The summed E-state index contributed by atoms with van der Waals surface area (Å²) in [5, 5.41) is 12.3. The molecular weight excluding hydrogens is 869 g/mol. The van der Waals surface area contributed by atoms with Crippen molar-refractivity contribution in [3.63, 3.8) is 0 Å². The third-order valence-corrected chi connectivity index (χ3v) is 14.7. The van der Waals surface area contributed by atoms with E-state index in [1.54, 1.807) is 0 Å². The molecule has 0 unspecified atom stereocenters. The fourth-order valence-corrected chi connectivity index (χ4v) is 11.6. The van der Waals surface area contributed by atoms with E-state index in [1.807, 2.05) is 0 Å². The van der Waals surface area contributed by atoms with Crippen molar-refractivity contribution in [1.82, 2.24) is 4.57 Å². The van der Waals surface area contributed by atoms with Gasteiger partial charge in [0, 0.05) is 33.1 Å². The van der Waals surface area contributed by atoms with Crippen molar-refractivity contribution in [3.8, 4) is 50.2 Å². The molecule has 1 heterocycles. The second-order valence-corrected chi connectivity index (χ2v) is 18.7. The Morgan fingerprint density at radius 3 is 1.51 bits per heavy atom. The molecular formula is C70H46N2. The average Bonchev–Trinajstić information content (AvgIpc) is 3.80. The second kappa shape index (κ2) is 17.2. The lowest BCUT2D eigenvalue weighted by Gasteiger charge is -2.30. The molecule has 72 heavy (non-hydrogen) atoms. The third-order valence-electron chi connectivity index (χ3n) is 14.7. The summed E-state index contributed by atoms with van der Waals surface area (Å²) in [5.74, 6) is 0. The highest BCUT2D eigenvalue weighted by Gasteiger charge is 2.24. The molecule has 0 N–H and O–H groups in total. The normalized spacial score (nSPS) is 11.6. The Labute approximate surface area is 418 Å². The van der Waals surface area contributed by atoms with Gasteiger partial charge in [-0.25, -0.2) is 0 Å². The highest BCUT2D eigenvalue weighted by Crippen LogP contribution is 2.49. The molecule has 336 valence electrons. The first-order chi connectivity index (χ1) is 35.8. The van der Waals surface area contributed by atoms with E-state index in [9.17, 15) is 0 Å². The Bertz CT molecular complexity index is 4360. The Balaban J connectivity index is 0.988. The van der Waals surface area contributed by atoms with Gasteiger partial charge in [-0.3, -0.25) is 0 Å². The quantitative estimate of drug-likeness (QED) is 0.138. The summed E-state index contributed by atoms with van der Waals surface area (Å²) in [7, 11) is 0. The van der Waals surface area contributed by atoms with Gasteiger partial charge in [0.05, 0.1) is 22.4 Å². The van der Waals surface area contributed by atoms with E-state index < -0.39 is 0 Å². The highest BCUT2D eigenvalue weighted by molar-refractivity contribution is 6.23. The van der Waals surface area contributed by atoms with Gasteiger partial charge in [-0.2, -0.15) is 0 Å². The second-order valence-electron chi connectivity index (χ2n) is 18.7. The minimum atomic E-state index is 1.08. The van der Waals surface area contributed by atoms with Crippen LogP contribution in [0.4, 0.5) is 17.1 Å². The smallest absolute Gasteiger partial charge is 0.0547 e. The molecule has 0 spiro atoms. The zero-order valence-corrected chi connectivity index (χ0v) is 39.5. The van der Waals surface area contributed by atoms with Gasteiger partial charge in [-0.15, -0.1) is 0 Å². The molecule has 14 rings (SSSR count). The number of anilines is 3. The lowest BCUT2D eigenvalue weighted by Crippen LogP contribution is -2.12.